The van der Waals surface area contributed by atoms with E-state index in [0.29, 0.717) is 29.0 Å². The van der Waals surface area contributed by atoms with E-state index in [9.17, 15) is 14.7 Å². The third-order valence-corrected chi connectivity index (χ3v) is 7.70. The Kier molecular flexibility index (Phi) is 6.97. The van der Waals surface area contributed by atoms with Crippen LogP contribution < -0.4 is 22.3 Å². The van der Waals surface area contributed by atoms with Crippen molar-refractivity contribution in [1.82, 2.24) is 5.16 Å². The lowest BCUT2D eigenvalue weighted by Gasteiger charge is -2.51. The topological polar surface area (TPSA) is 115 Å². The Morgan fingerprint density at radius 1 is 1.18 bits per heavy atom. The van der Waals surface area contributed by atoms with Gasteiger partial charge in [-0.25, -0.2) is 4.79 Å². The molecule has 1 saturated carbocycles. The third-order valence-electron chi connectivity index (χ3n) is 7.70. The fourth-order valence-corrected chi connectivity index (χ4v) is 5.91. The van der Waals surface area contributed by atoms with Crippen molar-refractivity contribution in [1.29, 1.82) is 0 Å². The van der Waals surface area contributed by atoms with E-state index >= 15 is 0 Å². The quantitative estimate of drug-likeness (QED) is 0.369. The van der Waals surface area contributed by atoms with E-state index in [4.69, 9.17) is 13.7 Å². The Hall–Kier alpha value is -2.17. The summed E-state index contributed by atoms with van der Waals surface area (Å²) in [5.41, 5.74) is -1.23. The van der Waals surface area contributed by atoms with Crippen molar-refractivity contribution in [3.05, 3.63) is 36.5 Å². The number of carbonyl (C=O) groups is 2. The molecule has 2 N–H and O–H groups in total. The van der Waals surface area contributed by atoms with Crippen LogP contribution in [0.25, 0.3) is 0 Å². The number of amides is 1. The predicted molar refractivity (Wildman–Crippen MR) is 112 cm³/mol. The molecule has 1 amide bonds. The molecule has 2 aromatic rings. The first-order valence-corrected chi connectivity index (χ1v) is 11.5. The largest absolute Gasteiger partial charge is 1.00 e. The molecule has 5 heterocycles. The highest BCUT2D eigenvalue weighted by molar-refractivity contribution is 5.90. The van der Waals surface area contributed by atoms with Crippen molar-refractivity contribution >= 4 is 17.7 Å². The van der Waals surface area contributed by atoms with Crippen LogP contribution in [0.1, 0.15) is 44.1 Å². The monoisotopic (exact) mass is 523 g/mol. The van der Waals surface area contributed by atoms with Gasteiger partial charge >= 0.3 is 5.97 Å². The highest BCUT2D eigenvalue weighted by Gasteiger charge is 2.53. The lowest BCUT2D eigenvalue weighted by Crippen LogP contribution is -3.00. The number of nitrogens with one attached hydrogen (secondary N) is 1. The average Bonchev–Trinajstić information content (AvgIpc) is 3.57. The Bertz CT molecular complexity index is 936. The van der Waals surface area contributed by atoms with Crippen LogP contribution in [0, 0.1) is 11.8 Å². The van der Waals surface area contributed by atoms with Crippen molar-refractivity contribution in [3.63, 3.8) is 0 Å². The van der Waals surface area contributed by atoms with E-state index in [1.807, 2.05) is 0 Å². The van der Waals surface area contributed by atoms with Gasteiger partial charge in [0.15, 0.2) is 24.1 Å². The van der Waals surface area contributed by atoms with E-state index < -0.39 is 11.6 Å². The van der Waals surface area contributed by atoms with Gasteiger partial charge in [0.05, 0.1) is 25.6 Å². The van der Waals surface area contributed by atoms with Crippen LogP contribution >= 0.6 is 0 Å². The molecule has 2 atom stereocenters. The standard InChI is InChI=1S/C23H29N3O6.BrH/c27-21(24-20-8-12-31-25-20)14-26-9-5-16(6-10-26)19(13-26)32-22(28)23(29,17-3-1-2-4-17)18-7-11-30-15-18;/h7-8,11-12,15-17,19,29H,1-6,9-10,13-14H2;1H/t16?,19?,23-,26?;/m1./s1. The van der Waals surface area contributed by atoms with Gasteiger partial charge in [0, 0.05) is 36.3 Å². The molecule has 33 heavy (non-hydrogen) atoms. The van der Waals surface area contributed by atoms with Gasteiger partial charge in [-0.3, -0.25) is 4.79 Å². The number of nitrogens with zero attached hydrogens (tertiary/aromatic N) is 2. The van der Waals surface area contributed by atoms with E-state index in [1.165, 1.54) is 18.8 Å². The maximum Gasteiger partial charge on any atom is 0.343 e. The molecule has 180 valence electrons. The molecule has 2 aromatic heterocycles. The number of esters is 1. The Morgan fingerprint density at radius 2 is 1.94 bits per heavy atom. The number of piperidine rings is 3. The first-order chi connectivity index (χ1) is 15.5. The van der Waals surface area contributed by atoms with E-state index in [1.54, 1.807) is 12.1 Å². The summed E-state index contributed by atoms with van der Waals surface area (Å²) in [6.07, 6.45) is 9.35. The zero-order chi connectivity index (χ0) is 22.2. The number of quaternary nitrogens is 1. The molecule has 4 aliphatic rings. The fourth-order valence-electron chi connectivity index (χ4n) is 5.91. The zero-order valence-corrected chi connectivity index (χ0v) is 20.0. The second-order valence-electron chi connectivity index (χ2n) is 9.60. The minimum absolute atomic E-state index is 0. The van der Waals surface area contributed by atoms with E-state index in [2.05, 4.69) is 10.5 Å². The summed E-state index contributed by atoms with van der Waals surface area (Å²) in [7, 11) is 0. The number of carbonyl (C=O) groups excluding carboxylic acids is 2. The van der Waals surface area contributed by atoms with Crippen LogP contribution in [-0.4, -0.2) is 58.9 Å². The molecule has 9 nitrogen and oxygen atoms in total. The zero-order valence-electron chi connectivity index (χ0n) is 18.5. The summed E-state index contributed by atoms with van der Waals surface area (Å²) in [6.45, 7) is 2.62. The first-order valence-electron chi connectivity index (χ1n) is 11.5. The van der Waals surface area contributed by atoms with Gasteiger partial charge in [0.2, 0.25) is 0 Å². The fraction of sp³-hybridized carbons (Fsp3) is 0.609. The maximum atomic E-state index is 13.4. The van der Waals surface area contributed by atoms with Gasteiger partial charge in [-0.1, -0.05) is 18.0 Å². The molecule has 10 heteroatoms. The van der Waals surface area contributed by atoms with Gasteiger partial charge in [-0.2, -0.15) is 0 Å². The molecule has 2 bridgehead atoms. The molecule has 6 rings (SSSR count). The molecule has 1 unspecified atom stereocenters. The van der Waals surface area contributed by atoms with Crippen LogP contribution in [0.3, 0.4) is 0 Å². The molecule has 0 spiro atoms. The lowest BCUT2D eigenvalue weighted by atomic mass is 9.80. The summed E-state index contributed by atoms with van der Waals surface area (Å²) in [4.78, 5) is 26.0. The molecular weight excluding hydrogens is 494 g/mol. The van der Waals surface area contributed by atoms with Gasteiger partial charge < -0.3 is 45.6 Å². The normalized spacial score (nSPS) is 28.6. The van der Waals surface area contributed by atoms with Crippen molar-refractivity contribution < 1.29 is 49.8 Å². The number of rotatable bonds is 7. The average molecular weight is 524 g/mol. The molecule has 3 aliphatic heterocycles. The SMILES string of the molecule is O=C(C[N+]12CCC(CC1)C(OC(=O)[C@](O)(c1ccoc1)C1CCCC1)C2)Nc1ccon1.[Br-]. The van der Waals surface area contributed by atoms with Gasteiger partial charge in [-0.15, -0.1) is 0 Å². The van der Waals surface area contributed by atoms with E-state index in [-0.39, 0.29) is 40.8 Å². The molecule has 4 fully saturated rings. The number of fused-ring (bicyclic) bond motifs is 3. The van der Waals surface area contributed by atoms with Gasteiger partial charge in [-0.05, 0) is 18.9 Å². The van der Waals surface area contributed by atoms with Crippen molar-refractivity contribution in [3.8, 4) is 0 Å². The number of furan rings is 1. The number of anilines is 1. The van der Waals surface area contributed by atoms with Crippen LogP contribution in [0.15, 0.2) is 39.9 Å². The van der Waals surface area contributed by atoms with Crippen molar-refractivity contribution in [2.75, 3.05) is 31.5 Å². The van der Waals surface area contributed by atoms with Crippen LogP contribution in [-0.2, 0) is 19.9 Å². The summed E-state index contributed by atoms with van der Waals surface area (Å²) >= 11 is 0. The van der Waals surface area contributed by atoms with Gasteiger partial charge in [0.1, 0.15) is 12.8 Å². The van der Waals surface area contributed by atoms with Crippen molar-refractivity contribution in [2.45, 2.75) is 50.2 Å². The summed E-state index contributed by atoms with van der Waals surface area (Å²) in [5, 5.41) is 18.1. The molecular formula is C23H30BrN3O6. The number of hydrogen-bond acceptors (Lipinski definition) is 7. The molecule has 3 saturated heterocycles. The number of halogens is 1. The van der Waals surface area contributed by atoms with Crippen LogP contribution in [0.5, 0.6) is 0 Å². The minimum atomic E-state index is -1.69. The molecule has 0 radical (unpaired) electrons. The Labute approximate surface area is 202 Å². The van der Waals surface area contributed by atoms with Crippen LogP contribution in [0.2, 0.25) is 0 Å². The van der Waals surface area contributed by atoms with E-state index in [0.717, 1.165) is 51.6 Å². The van der Waals surface area contributed by atoms with Gasteiger partial charge in [0.25, 0.3) is 5.91 Å². The van der Waals surface area contributed by atoms with Crippen molar-refractivity contribution in [2.24, 2.45) is 11.8 Å². The minimum Gasteiger partial charge on any atom is -1.00 e. The highest BCUT2D eigenvalue weighted by Crippen LogP contribution is 2.43. The first kappa shape index (κ1) is 24.0. The number of ether oxygens (including phenoxy) is 1. The molecule has 1 aliphatic carbocycles. The molecule has 0 aromatic carbocycles. The summed E-state index contributed by atoms with van der Waals surface area (Å²) < 4.78 is 16.6. The summed E-state index contributed by atoms with van der Waals surface area (Å²) in [6, 6.07) is 3.25. The Balaban J connectivity index is 0.00000259. The highest BCUT2D eigenvalue weighted by atomic mass is 79.9. The second kappa shape index (κ2) is 9.60. The number of hydrogen-bond donors (Lipinski definition) is 2. The second-order valence-corrected chi connectivity index (χ2v) is 9.60. The lowest BCUT2D eigenvalue weighted by molar-refractivity contribution is -0.939. The smallest absolute Gasteiger partial charge is 0.343 e. The third kappa shape index (κ3) is 4.61. The number of aliphatic hydroxyl groups is 1. The Morgan fingerprint density at radius 3 is 2.58 bits per heavy atom. The maximum absolute atomic E-state index is 13.4. The number of aromatic nitrogens is 1. The van der Waals surface area contributed by atoms with Crippen LogP contribution in [0.4, 0.5) is 5.82 Å². The predicted octanol–water partition coefficient (Wildman–Crippen LogP) is -0.560. The summed E-state index contributed by atoms with van der Waals surface area (Å²) in [5.74, 6) is -0.246.